The van der Waals surface area contributed by atoms with Crippen LogP contribution in [0.5, 0.6) is 0 Å². The average molecular weight is 170 g/mol. The second-order valence-electron chi connectivity index (χ2n) is 4.13. The van der Waals surface area contributed by atoms with Crippen LogP contribution >= 0.6 is 0 Å². The quantitative estimate of drug-likeness (QED) is 0.474. The van der Waals surface area contributed by atoms with Crippen LogP contribution in [0.15, 0.2) is 0 Å². The van der Waals surface area contributed by atoms with Gasteiger partial charge in [0.1, 0.15) is 6.67 Å². The molecule has 1 unspecified atom stereocenters. The van der Waals surface area contributed by atoms with Crippen molar-refractivity contribution in [3.63, 3.8) is 0 Å². The topological polar surface area (TPSA) is 35.1 Å². The smallest absolute Gasteiger partial charge is 0.132 e. The van der Waals surface area contributed by atoms with Gasteiger partial charge >= 0.3 is 0 Å². The molecule has 1 N–H and O–H groups in total. The lowest BCUT2D eigenvalue weighted by atomic mass is 9.94. The molecule has 2 fully saturated rings. The third kappa shape index (κ3) is 1.49. The van der Waals surface area contributed by atoms with Gasteiger partial charge in [0, 0.05) is 0 Å². The molecule has 0 aromatic carbocycles. The van der Waals surface area contributed by atoms with Crippen LogP contribution in [0.25, 0.3) is 0 Å². The van der Waals surface area contributed by atoms with E-state index in [1.165, 1.54) is 19.3 Å². The normalized spacial score (nSPS) is 38.8. The van der Waals surface area contributed by atoms with E-state index in [2.05, 4.69) is 5.32 Å². The molecule has 1 aliphatic carbocycles. The molecular formula is C9H18N2O. The molecule has 1 saturated carbocycles. The SMILES string of the molecule is [O-][N+]1(C2CCCCC2)CCNC1. The van der Waals surface area contributed by atoms with Crippen molar-refractivity contribution in [3.05, 3.63) is 5.21 Å². The summed E-state index contributed by atoms with van der Waals surface area (Å²) in [5.41, 5.74) is 0. The summed E-state index contributed by atoms with van der Waals surface area (Å²) in [6.07, 6.45) is 6.19. The van der Waals surface area contributed by atoms with Gasteiger partial charge in [0.05, 0.1) is 19.1 Å². The van der Waals surface area contributed by atoms with Gasteiger partial charge in [-0.3, -0.25) is 5.32 Å². The highest BCUT2D eigenvalue weighted by molar-refractivity contribution is 4.70. The van der Waals surface area contributed by atoms with Crippen LogP contribution in [0.2, 0.25) is 0 Å². The van der Waals surface area contributed by atoms with Crippen molar-refractivity contribution in [2.24, 2.45) is 0 Å². The molecule has 0 aromatic rings. The van der Waals surface area contributed by atoms with Crippen molar-refractivity contribution in [2.75, 3.05) is 19.8 Å². The average Bonchev–Trinajstić information content (AvgIpc) is 2.55. The highest BCUT2D eigenvalue weighted by Crippen LogP contribution is 2.28. The third-order valence-electron chi connectivity index (χ3n) is 3.29. The lowest BCUT2D eigenvalue weighted by Crippen LogP contribution is -2.50. The Hall–Kier alpha value is -0.120. The number of hydroxylamine groups is 3. The van der Waals surface area contributed by atoms with Crippen molar-refractivity contribution in [3.8, 4) is 0 Å². The van der Waals surface area contributed by atoms with Crippen LogP contribution in [0.4, 0.5) is 0 Å². The summed E-state index contributed by atoms with van der Waals surface area (Å²) in [6.45, 7) is 2.37. The minimum atomic E-state index is 0.0556. The third-order valence-corrected chi connectivity index (χ3v) is 3.29. The molecule has 0 aromatic heterocycles. The highest BCUT2D eigenvalue weighted by Gasteiger charge is 2.32. The van der Waals surface area contributed by atoms with Crippen molar-refractivity contribution in [1.82, 2.24) is 5.32 Å². The summed E-state index contributed by atoms with van der Waals surface area (Å²) < 4.78 is 0.0556. The van der Waals surface area contributed by atoms with E-state index in [-0.39, 0.29) is 4.65 Å². The maximum Gasteiger partial charge on any atom is 0.132 e. The zero-order valence-electron chi connectivity index (χ0n) is 7.59. The van der Waals surface area contributed by atoms with E-state index in [0.717, 1.165) is 25.9 Å². The predicted octanol–water partition coefficient (Wildman–Crippen LogP) is 1.19. The maximum atomic E-state index is 12.1. The Balaban J connectivity index is 1.96. The summed E-state index contributed by atoms with van der Waals surface area (Å²) in [5.74, 6) is 0. The highest BCUT2D eigenvalue weighted by atomic mass is 16.6. The minimum absolute atomic E-state index is 0.0556. The Morgan fingerprint density at radius 3 is 2.50 bits per heavy atom. The molecule has 3 nitrogen and oxygen atoms in total. The lowest BCUT2D eigenvalue weighted by Gasteiger charge is -2.46. The molecule has 0 amide bonds. The largest absolute Gasteiger partial charge is 0.632 e. The number of nitrogens with zero attached hydrogens (tertiary/aromatic N) is 1. The van der Waals surface area contributed by atoms with Gasteiger partial charge in [-0.05, 0) is 25.7 Å². The summed E-state index contributed by atoms with van der Waals surface area (Å²) in [6, 6.07) is 0.411. The molecule has 1 heterocycles. The fraction of sp³-hybridized carbons (Fsp3) is 1.00. The van der Waals surface area contributed by atoms with E-state index in [1.54, 1.807) is 0 Å². The van der Waals surface area contributed by atoms with Crippen molar-refractivity contribution in [1.29, 1.82) is 0 Å². The molecule has 70 valence electrons. The summed E-state index contributed by atoms with van der Waals surface area (Å²) in [4.78, 5) is 0. The summed E-state index contributed by atoms with van der Waals surface area (Å²) in [5, 5.41) is 15.3. The Morgan fingerprint density at radius 2 is 1.92 bits per heavy atom. The van der Waals surface area contributed by atoms with E-state index >= 15 is 0 Å². The zero-order chi connectivity index (χ0) is 8.44. The molecule has 0 spiro atoms. The number of rotatable bonds is 1. The predicted molar refractivity (Wildman–Crippen MR) is 48.2 cm³/mol. The first-order valence-corrected chi connectivity index (χ1v) is 5.10. The van der Waals surface area contributed by atoms with Gasteiger partial charge in [0.15, 0.2) is 0 Å². The Bertz CT molecular complexity index is 149. The van der Waals surface area contributed by atoms with Crippen LogP contribution in [0.3, 0.4) is 0 Å². The molecule has 1 atom stereocenters. The van der Waals surface area contributed by atoms with Crippen LogP contribution in [-0.2, 0) is 0 Å². The summed E-state index contributed by atoms with van der Waals surface area (Å²) >= 11 is 0. The first-order valence-electron chi connectivity index (χ1n) is 5.10. The van der Waals surface area contributed by atoms with Gasteiger partial charge in [0.2, 0.25) is 0 Å². The maximum absolute atomic E-state index is 12.1. The Labute approximate surface area is 73.9 Å². The van der Waals surface area contributed by atoms with Crippen molar-refractivity contribution < 1.29 is 4.65 Å². The minimum Gasteiger partial charge on any atom is -0.632 e. The van der Waals surface area contributed by atoms with E-state index in [4.69, 9.17) is 0 Å². The number of nitrogens with one attached hydrogen (secondary N) is 1. The molecule has 12 heavy (non-hydrogen) atoms. The Kier molecular flexibility index (Phi) is 2.35. The van der Waals surface area contributed by atoms with Crippen molar-refractivity contribution in [2.45, 2.75) is 38.1 Å². The molecule has 1 saturated heterocycles. The van der Waals surface area contributed by atoms with Crippen LogP contribution < -0.4 is 5.32 Å². The van der Waals surface area contributed by atoms with Gasteiger partial charge in [-0.15, -0.1) is 0 Å². The Morgan fingerprint density at radius 1 is 1.17 bits per heavy atom. The fourth-order valence-corrected chi connectivity index (χ4v) is 2.48. The van der Waals surface area contributed by atoms with Gasteiger partial charge in [-0.2, -0.15) is 0 Å². The molecule has 1 aliphatic heterocycles. The lowest BCUT2D eigenvalue weighted by molar-refractivity contribution is -0.895. The monoisotopic (exact) mass is 170 g/mol. The molecule has 2 rings (SSSR count). The second-order valence-corrected chi connectivity index (χ2v) is 4.13. The standard InChI is InChI=1S/C9H18N2O/c12-11(7-6-10-8-11)9-4-2-1-3-5-9/h9-10H,1-8H2. The molecule has 2 aliphatic rings. The van der Waals surface area contributed by atoms with E-state index in [9.17, 15) is 5.21 Å². The molecule has 0 bridgehead atoms. The number of quaternary nitrogens is 1. The fourth-order valence-electron chi connectivity index (χ4n) is 2.48. The zero-order valence-corrected chi connectivity index (χ0v) is 7.59. The first kappa shape index (κ1) is 8.48. The van der Waals surface area contributed by atoms with Gasteiger partial charge < -0.3 is 9.85 Å². The second kappa shape index (κ2) is 3.32. The number of hydrogen-bond donors (Lipinski definition) is 1. The summed E-state index contributed by atoms with van der Waals surface area (Å²) in [7, 11) is 0. The van der Waals surface area contributed by atoms with Crippen molar-refractivity contribution >= 4 is 0 Å². The molecule has 0 radical (unpaired) electrons. The van der Waals surface area contributed by atoms with Crippen LogP contribution in [-0.4, -0.2) is 30.4 Å². The van der Waals surface area contributed by atoms with E-state index in [0.29, 0.717) is 12.7 Å². The van der Waals surface area contributed by atoms with Crippen LogP contribution in [0.1, 0.15) is 32.1 Å². The van der Waals surface area contributed by atoms with E-state index < -0.39 is 0 Å². The molecule has 3 heteroatoms. The molecular weight excluding hydrogens is 152 g/mol. The first-order chi connectivity index (χ1) is 5.81. The van der Waals surface area contributed by atoms with Gasteiger partial charge in [-0.25, -0.2) is 0 Å². The number of hydrogen-bond acceptors (Lipinski definition) is 2. The van der Waals surface area contributed by atoms with Crippen LogP contribution in [0, 0.1) is 5.21 Å². The van der Waals surface area contributed by atoms with E-state index in [1.807, 2.05) is 0 Å². The van der Waals surface area contributed by atoms with Gasteiger partial charge in [0.25, 0.3) is 0 Å². The van der Waals surface area contributed by atoms with Gasteiger partial charge in [-0.1, -0.05) is 6.42 Å².